The molecule has 0 aliphatic heterocycles. The molecule has 0 aliphatic carbocycles. The van der Waals surface area contributed by atoms with Crippen molar-refractivity contribution in [1.29, 1.82) is 0 Å². The molecule has 2 N–H and O–H groups in total. The number of hydrogen-bond acceptors (Lipinski definition) is 5. The van der Waals surface area contributed by atoms with Gasteiger partial charge in [0.25, 0.3) is 0 Å². The highest BCUT2D eigenvalue weighted by atomic mass is 32.3. The van der Waals surface area contributed by atoms with E-state index in [-0.39, 0.29) is 13.2 Å². The van der Waals surface area contributed by atoms with Gasteiger partial charge in [-0.3, -0.25) is 0 Å². The fourth-order valence-electron chi connectivity index (χ4n) is 2.90. The first-order valence-corrected chi connectivity index (χ1v) is 12.4. The molecule has 0 aromatic carbocycles. The predicted octanol–water partition coefficient (Wildman–Crippen LogP) is 5.87. The first-order valence-electron chi connectivity index (χ1n) is 11.1. The SMILES string of the molecule is CCCCCCCCCCCCCCCCOS(=O)(=O)OCCC(C)(C)N. The Morgan fingerprint density at radius 2 is 1.04 bits per heavy atom. The number of unbranched alkanes of at least 4 members (excludes halogenated alkanes) is 13. The molecule has 0 rings (SSSR count). The highest BCUT2D eigenvalue weighted by Crippen LogP contribution is 2.13. The van der Waals surface area contributed by atoms with Crippen molar-refractivity contribution < 1.29 is 16.8 Å². The molecule has 0 aromatic heterocycles. The minimum absolute atomic E-state index is 0.0601. The summed E-state index contributed by atoms with van der Waals surface area (Å²) >= 11 is 0. The zero-order valence-corrected chi connectivity index (χ0v) is 19.0. The summed E-state index contributed by atoms with van der Waals surface area (Å²) in [5.74, 6) is 0. The zero-order chi connectivity index (χ0) is 20.4. The van der Waals surface area contributed by atoms with Crippen molar-refractivity contribution in [1.82, 2.24) is 0 Å². The van der Waals surface area contributed by atoms with Gasteiger partial charge in [0.15, 0.2) is 0 Å². The Morgan fingerprint density at radius 1 is 0.667 bits per heavy atom. The highest BCUT2D eigenvalue weighted by Gasteiger charge is 2.15. The van der Waals surface area contributed by atoms with Crippen molar-refractivity contribution in [2.45, 2.75) is 123 Å². The van der Waals surface area contributed by atoms with Crippen LogP contribution < -0.4 is 5.73 Å². The van der Waals surface area contributed by atoms with Crippen LogP contribution in [0.5, 0.6) is 0 Å². The molecule has 0 heterocycles. The maximum absolute atomic E-state index is 11.6. The molecule has 0 bridgehead atoms. The molecule has 27 heavy (non-hydrogen) atoms. The number of rotatable bonds is 20. The van der Waals surface area contributed by atoms with Gasteiger partial charge in [-0.15, -0.1) is 0 Å². The van der Waals surface area contributed by atoms with Crippen LogP contribution in [0.3, 0.4) is 0 Å². The fourth-order valence-corrected chi connectivity index (χ4v) is 3.58. The third kappa shape index (κ3) is 22.0. The van der Waals surface area contributed by atoms with Crippen molar-refractivity contribution >= 4 is 10.4 Å². The molecule has 0 aromatic rings. The van der Waals surface area contributed by atoms with Gasteiger partial charge in [0.1, 0.15) is 0 Å². The molecule has 0 saturated heterocycles. The van der Waals surface area contributed by atoms with Crippen LogP contribution >= 0.6 is 0 Å². The van der Waals surface area contributed by atoms with Gasteiger partial charge in [-0.2, -0.15) is 8.42 Å². The Kier molecular flexibility index (Phi) is 16.6. The smallest absolute Gasteiger partial charge is 0.325 e. The minimum Gasteiger partial charge on any atom is -0.325 e. The molecule has 5 nitrogen and oxygen atoms in total. The van der Waals surface area contributed by atoms with E-state index in [0.29, 0.717) is 6.42 Å². The maximum atomic E-state index is 11.6. The molecule has 0 radical (unpaired) electrons. The van der Waals surface area contributed by atoms with Crippen LogP contribution in [0.4, 0.5) is 0 Å². The van der Waals surface area contributed by atoms with Gasteiger partial charge in [0.2, 0.25) is 0 Å². The quantitative estimate of drug-likeness (QED) is 0.255. The lowest BCUT2D eigenvalue weighted by molar-refractivity contribution is 0.199. The highest BCUT2D eigenvalue weighted by molar-refractivity contribution is 7.81. The second kappa shape index (κ2) is 16.8. The average Bonchev–Trinajstić information content (AvgIpc) is 2.57. The molecule has 0 atom stereocenters. The van der Waals surface area contributed by atoms with Crippen LogP contribution in [-0.2, 0) is 18.8 Å². The number of nitrogens with two attached hydrogens (primary N) is 1. The Balaban J connectivity index is 3.32. The van der Waals surface area contributed by atoms with E-state index in [0.717, 1.165) is 19.3 Å². The van der Waals surface area contributed by atoms with Gasteiger partial charge in [-0.25, -0.2) is 8.37 Å². The Bertz CT molecular complexity index is 418. The van der Waals surface area contributed by atoms with Crippen LogP contribution in [0, 0.1) is 0 Å². The molecule has 0 saturated carbocycles. The molecule has 0 unspecified atom stereocenters. The lowest BCUT2D eigenvalue weighted by atomic mass is 10.0. The molecular formula is C21H45NO4S. The molecular weight excluding hydrogens is 362 g/mol. The summed E-state index contributed by atoms with van der Waals surface area (Å²) in [6, 6.07) is 0. The first-order chi connectivity index (χ1) is 12.8. The topological polar surface area (TPSA) is 78.6 Å². The van der Waals surface area contributed by atoms with Crippen LogP contribution in [0.25, 0.3) is 0 Å². The van der Waals surface area contributed by atoms with Crippen LogP contribution in [0.15, 0.2) is 0 Å². The summed E-state index contributed by atoms with van der Waals surface area (Å²) in [5.41, 5.74) is 5.34. The van der Waals surface area contributed by atoms with Gasteiger partial charge < -0.3 is 5.73 Å². The van der Waals surface area contributed by atoms with E-state index >= 15 is 0 Å². The Hall–Kier alpha value is -0.170. The van der Waals surface area contributed by atoms with Gasteiger partial charge in [-0.05, 0) is 26.7 Å². The first kappa shape index (κ1) is 26.8. The average molecular weight is 408 g/mol. The molecule has 164 valence electrons. The Labute approximate surface area is 169 Å². The van der Waals surface area contributed by atoms with Crippen LogP contribution in [-0.4, -0.2) is 27.2 Å². The monoisotopic (exact) mass is 407 g/mol. The fraction of sp³-hybridized carbons (Fsp3) is 1.00. The maximum Gasteiger partial charge on any atom is 0.399 e. The summed E-state index contributed by atoms with van der Waals surface area (Å²) in [5, 5.41) is 0. The molecule has 0 spiro atoms. The van der Waals surface area contributed by atoms with Gasteiger partial charge in [0.05, 0.1) is 13.2 Å². The van der Waals surface area contributed by atoms with Gasteiger partial charge >= 0.3 is 10.4 Å². The molecule has 6 heteroatoms. The van der Waals surface area contributed by atoms with E-state index in [2.05, 4.69) is 6.92 Å². The number of hydrogen-bond donors (Lipinski definition) is 1. The third-order valence-electron chi connectivity index (χ3n) is 4.70. The van der Waals surface area contributed by atoms with Gasteiger partial charge in [-0.1, -0.05) is 90.4 Å². The van der Waals surface area contributed by atoms with E-state index in [1.807, 2.05) is 13.8 Å². The zero-order valence-electron chi connectivity index (χ0n) is 18.1. The van der Waals surface area contributed by atoms with Crippen molar-refractivity contribution in [2.24, 2.45) is 5.73 Å². The molecule has 0 amide bonds. The summed E-state index contributed by atoms with van der Waals surface area (Å²) < 4.78 is 32.8. The van der Waals surface area contributed by atoms with Crippen LogP contribution in [0.2, 0.25) is 0 Å². The summed E-state index contributed by atoms with van der Waals surface area (Å²) in [6.45, 7) is 6.18. The standard InChI is InChI=1S/C21H45NO4S/c1-4-5-6-7-8-9-10-11-12-13-14-15-16-17-19-25-27(23,24)26-20-18-21(2,3)22/h4-20,22H2,1-3H3. The van der Waals surface area contributed by atoms with E-state index in [4.69, 9.17) is 14.1 Å². The largest absolute Gasteiger partial charge is 0.399 e. The summed E-state index contributed by atoms with van der Waals surface area (Å²) in [7, 11) is -3.88. The summed E-state index contributed by atoms with van der Waals surface area (Å²) in [4.78, 5) is 0. The minimum atomic E-state index is -3.88. The lowest BCUT2D eigenvalue weighted by Crippen LogP contribution is -2.33. The Morgan fingerprint density at radius 3 is 1.44 bits per heavy atom. The second-order valence-corrected chi connectivity index (χ2v) is 9.67. The van der Waals surface area contributed by atoms with Gasteiger partial charge in [0, 0.05) is 5.54 Å². The molecule has 0 fully saturated rings. The summed E-state index contributed by atoms with van der Waals surface area (Å²) in [6.07, 6.45) is 18.2. The lowest BCUT2D eigenvalue weighted by Gasteiger charge is -2.17. The van der Waals surface area contributed by atoms with Crippen molar-refractivity contribution in [3.05, 3.63) is 0 Å². The molecule has 0 aliphatic rings. The van der Waals surface area contributed by atoms with E-state index in [9.17, 15) is 8.42 Å². The van der Waals surface area contributed by atoms with Crippen molar-refractivity contribution in [3.63, 3.8) is 0 Å². The normalized spacial score (nSPS) is 12.6. The second-order valence-electron chi connectivity index (χ2n) is 8.39. The predicted molar refractivity (Wildman–Crippen MR) is 114 cm³/mol. The van der Waals surface area contributed by atoms with E-state index < -0.39 is 15.9 Å². The van der Waals surface area contributed by atoms with Crippen molar-refractivity contribution in [3.8, 4) is 0 Å². The van der Waals surface area contributed by atoms with Crippen molar-refractivity contribution in [2.75, 3.05) is 13.2 Å². The van der Waals surface area contributed by atoms with E-state index in [1.54, 1.807) is 0 Å². The third-order valence-corrected chi connectivity index (χ3v) is 5.61. The van der Waals surface area contributed by atoms with E-state index in [1.165, 1.54) is 70.6 Å². The van der Waals surface area contributed by atoms with Crippen LogP contribution in [0.1, 0.15) is 117 Å².